The summed E-state index contributed by atoms with van der Waals surface area (Å²) in [5.41, 5.74) is 3.55. The molecular weight excluding hydrogens is 368 g/mol. The number of aromatic nitrogens is 5. The van der Waals surface area contributed by atoms with Crippen molar-refractivity contribution in [3.05, 3.63) is 54.0 Å². The van der Waals surface area contributed by atoms with Crippen LogP contribution in [0.15, 0.2) is 42.9 Å². The highest BCUT2D eigenvalue weighted by Crippen LogP contribution is 2.22. The van der Waals surface area contributed by atoms with Crippen LogP contribution in [0.3, 0.4) is 0 Å². The minimum absolute atomic E-state index is 0.256. The van der Waals surface area contributed by atoms with Crippen molar-refractivity contribution in [1.82, 2.24) is 30.5 Å². The van der Waals surface area contributed by atoms with Crippen LogP contribution in [0, 0.1) is 6.92 Å². The summed E-state index contributed by atoms with van der Waals surface area (Å²) in [4.78, 5) is 19.3. The number of hydrogen-bond donors (Lipinski definition) is 2. The molecule has 1 fully saturated rings. The molecule has 1 aliphatic heterocycles. The number of nitrogens with zero attached hydrogens (tertiary/aromatic N) is 6. The summed E-state index contributed by atoms with van der Waals surface area (Å²) < 4.78 is 1.59. The van der Waals surface area contributed by atoms with Gasteiger partial charge < -0.3 is 15.5 Å². The summed E-state index contributed by atoms with van der Waals surface area (Å²) >= 11 is 0. The van der Waals surface area contributed by atoms with Crippen molar-refractivity contribution in [1.29, 1.82) is 0 Å². The van der Waals surface area contributed by atoms with Crippen molar-refractivity contribution < 1.29 is 4.79 Å². The summed E-state index contributed by atoms with van der Waals surface area (Å²) in [7, 11) is 0. The van der Waals surface area contributed by atoms with Crippen LogP contribution in [-0.4, -0.2) is 44.3 Å². The largest absolute Gasteiger partial charge is 0.356 e. The van der Waals surface area contributed by atoms with E-state index in [1.54, 1.807) is 4.68 Å². The summed E-state index contributed by atoms with van der Waals surface area (Å²) in [6.45, 7) is 4.40. The van der Waals surface area contributed by atoms with E-state index in [2.05, 4.69) is 36.0 Å². The van der Waals surface area contributed by atoms with Crippen molar-refractivity contribution in [2.75, 3.05) is 23.3 Å². The number of hydrogen-bond acceptors (Lipinski definition) is 6. The first-order chi connectivity index (χ1) is 14.2. The smallest absolute Gasteiger partial charge is 0.319 e. The molecule has 2 aromatic heterocycles. The van der Waals surface area contributed by atoms with Gasteiger partial charge in [-0.2, -0.15) is 0 Å². The highest BCUT2D eigenvalue weighted by Gasteiger charge is 2.16. The summed E-state index contributed by atoms with van der Waals surface area (Å²) in [6.07, 6.45) is 6.98. The number of amides is 2. The van der Waals surface area contributed by atoms with Crippen LogP contribution in [0.4, 0.5) is 16.3 Å². The van der Waals surface area contributed by atoms with E-state index in [-0.39, 0.29) is 6.03 Å². The topological polar surface area (TPSA) is 101 Å². The molecule has 29 heavy (non-hydrogen) atoms. The Labute approximate surface area is 169 Å². The SMILES string of the molecule is Cc1cc(NC(=O)NCc2cccnc2N2CCCCC2)ccc1-n1cnnn1. The summed E-state index contributed by atoms with van der Waals surface area (Å²) in [5, 5.41) is 17.0. The Balaban J connectivity index is 1.38. The highest BCUT2D eigenvalue weighted by molar-refractivity contribution is 5.89. The van der Waals surface area contributed by atoms with Crippen molar-refractivity contribution >= 4 is 17.5 Å². The number of carbonyl (C=O) groups is 1. The maximum Gasteiger partial charge on any atom is 0.319 e. The summed E-state index contributed by atoms with van der Waals surface area (Å²) in [5.74, 6) is 0.967. The first-order valence-corrected chi connectivity index (χ1v) is 9.78. The highest BCUT2D eigenvalue weighted by atomic mass is 16.2. The molecule has 1 saturated heterocycles. The second-order valence-electron chi connectivity index (χ2n) is 7.10. The van der Waals surface area contributed by atoms with Gasteiger partial charge in [-0.05, 0) is 66.4 Å². The van der Waals surface area contributed by atoms with Gasteiger partial charge in [-0.1, -0.05) is 6.07 Å². The third kappa shape index (κ3) is 4.50. The average Bonchev–Trinajstić information content (AvgIpc) is 3.28. The quantitative estimate of drug-likeness (QED) is 0.692. The van der Waals surface area contributed by atoms with Gasteiger partial charge in [0.05, 0.1) is 5.69 Å². The fourth-order valence-electron chi connectivity index (χ4n) is 3.57. The van der Waals surface area contributed by atoms with Crippen molar-refractivity contribution in [2.45, 2.75) is 32.7 Å². The Morgan fingerprint density at radius 1 is 1.17 bits per heavy atom. The van der Waals surface area contributed by atoms with Crippen LogP contribution in [0.25, 0.3) is 5.69 Å². The lowest BCUT2D eigenvalue weighted by Crippen LogP contribution is -2.33. The van der Waals surface area contributed by atoms with E-state index < -0.39 is 0 Å². The molecule has 0 radical (unpaired) electrons. The van der Waals surface area contributed by atoms with Gasteiger partial charge in [0.2, 0.25) is 0 Å². The molecule has 0 aliphatic carbocycles. The second-order valence-corrected chi connectivity index (χ2v) is 7.10. The Morgan fingerprint density at radius 2 is 2.03 bits per heavy atom. The van der Waals surface area contributed by atoms with Gasteiger partial charge in [0.1, 0.15) is 12.1 Å². The van der Waals surface area contributed by atoms with E-state index in [4.69, 9.17) is 0 Å². The Hall–Kier alpha value is -3.49. The number of rotatable bonds is 5. The molecule has 4 rings (SSSR count). The number of nitrogens with one attached hydrogen (secondary N) is 2. The number of urea groups is 1. The third-order valence-electron chi connectivity index (χ3n) is 5.01. The molecule has 9 nitrogen and oxygen atoms in total. The number of carbonyl (C=O) groups excluding carboxylic acids is 1. The molecule has 1 aromatic carbocycles. The van der Waals surface area contributed by atoms with Crippen LogP contribution >= 0.6 is 0 Å². The molecule has 3 heterocycles. The molecule has 3 aromatic rings. The second kappa shape index (κ2) is 8.68. The predicted molar refractivity (Wildman–Crippen MR) is 110 cm³/mol. The molecule has 1 aliphatic rings. The van der Waals surface area contributed by atoms with Crippen LogP contribution in [0.1, 0.15) is 30.4 Å². The van der Waals surface area contributed by atoms with Crippen LogP contribution in [0.5, 0.6) is 0 Å². The zero-order valence-electron chi connectivity index (χ0n) is 16.4. The first-order valence-electron chi connectivity index (χ1n) is 9.78. The number of pyridine rings is 1. The van der Waals surface area contributed by atoms with E-state index in [0.29, 0.717) is 12.2 Å². The zero-order valence-corrected chi connectivity index (χ0v) is 16.4. The molecular formula is C20H24N8O. The van der Waals surface area contributed by atoms with Crippen LogP contribution in [0.2, 0.25) is 0 Å². The molecule has 9 heteroatoms. The zero-order chi connectivity index (χ0) is 20.1. The molecule has 0 bridgehead atoms. The van der Waals surface area contributed by atoms with Gasteiger partial charge in [-0.15, -0.1) is 5.10 Å². The number of piperidine rings is 1. The lowest BCUT2D eigenvalue weighted by Gasteiger charge is -2.29. The van der Waals surface area contributed by atoms with Crippen molar-refractivity contribution in [3.8, 4) is 5.69 Å². The number of tetrazole rings is 1. The van der Waals surface area contributed by atoms with Gasteiger partial charge in [0, 0.05) is 37.1 Å². The summed E-state index contributed by atoms with van der Waals surface area (Å²) in [6, 6.07) is 9.25. The van der Waals surface area contributed by atoms with Gasteiger partial charge in [-0.25, -0.2) is 14.5 Å². The predicted octanol–water partition coefficient (Wildman–Crippen LogP) is 2.68. The molecule has 0 saturated carbocycles. The molecule has 2 N–H and O–H groups in total. The number of anilines is 2. The van der Waals surface area contributed by atoms with Crippen LogP contribution < -0.4 is 15.5 Å². The minimum atomic E-state index is -0.256. The van der Waals surface area contributed by atoms with Gasteiger partial charge in [0.15, 0.2) is 0 Å². The number of aryl methyl sites for hydroxylation is 1. The number of benzene rings is 1. The lowest BCUT2D eigenvalue weighted by molar-refractivity contribution is 0.251. The molecule has 0 spiro atoms. The first kappa shape index (κ1) is 18.9. The molecule has 0 unspecified atom stereocenters. The maximum absolute atomic E-state index is 12.4. The molecule has 0 atom stereocenters. The third-order valence-corrected chi connectivity index (χ3v) is 5.01. The minimum Gasteiger partial charge on any atom is -0.356 e. The van der Waals surface area contributed by atoms with E-state index in [1.807, 2.05) is 43.5 Å². The van der Waals surface area contributed by atoms with E-state index in [1.165, 1.54) is 25.6 Å². The van der Waals surface area contributed by atoms with E-state index >= 15 is 0 Å². The maximum atomic E-state index is 12.4. The van der Waals surface area contributed by atoms with Gasteiger partial charge >= 0.3 is 6.03 Å². The molecule has 150 valence electrons. The van der Waals surface area contributed by atoms with E-state index in [0.717, 1.165) is 35.7 Å². The Kier molecular flexibility index (Phi) is 5.64. The Morgan fingerprint density at radius 3 is 2.79 bits per heavy atom. The monoisotopic (exact) mass is 392 g/mol. The van der Waals surface area contributed by atoms with E-state index in [9.17, 15) is 4.79 Å². The van der Waals surface area contributed by atoms with Crippen molar-refractivity contribution in [2.24, 2.45) is 0 Å². The van der Waals surface area contributed by atoms with Gasteiger partial charge in [-0.3, -0.25) is 0 Å². The standard InChI is InChI=1S/C20H24N8O/c1-15-12-17(7-8-18(15)28-14-23-25-26-28)24-20(29)22-13-16-6-5-9-21-19(16)27-10-3-2-4-11-27/h5-9,12,14H,2-4,10-11,13H2,1H3,(H2,22,24,29). The Bertz CT molecular complexity index is 966. The van der Waals surface area contributed by atoms with Gasteiger partial charge in [0.25, 0.3) is 0 Å². The fraction of sp³-hybridized carbons (Fsp3) is 0.350. The lowest BCUT2D eigenvalue weighted by atomic mass is 10.1. The normalized spacial score (nSPS) is 13.9. The fourth-order valence-corrected chi connectivity index (χ4v) is 3.57. The van der Waals surface area contributed by atoms with Crippen molar-refractivity contribution in [3.63, 3.8) is 0 Å². The average molecular weight is 392 g/mol. The molecule has 2 amide bonds. The van der Waals surface area contributed by atoms with Crippen LogP contribution in [-0.2, 0) is 6.54 Å².